The van der Waals surface area contributed by atoms with Crippen molar-refractivity contribution < 1.29 is 4.74 Å². The van der Waals surface area contributed by atoms with E-state index in [1.54, 1.807) is 0 Å². The van der Waals surface area contributed by atoms with Crippen LogP contribution in [-0.4, -0.2) is 50.3 Å². The highest BCUT2D eigenvalue weighted by molar-refractivity contribution is 4.87. The summed E-state index contributed by atoms with van der Waals surface area (Å²) in [6.07, 6.45) is 4.14. The molecule has 3 nitrogen and oxygen atoms in total. The average Bonchev–Trinajstić information content (AvgIpc) is 2.11. The van der Waals surface area contributed by atoms with Crippen LogP contribution in [0.3, 0.4) is 0 Å². The van der Waals surface area contributed by atoms with Crippen molar-refractivity contribution in [1.82, 2.24) is 10.2 Å². The van der Waals surface area contributed by atoms with E-state index in [1.807, 2.05) is 0 Å². The lowest BCUT2D eigenvalue weighted by molar-refractivity contribution is -0.0122. The molecule has 1 fully saturated rings. The van der Waals surface area contributed by atoms with Gasteiger partial charge in [0.2, 0.25) is 0 Å². The summed E-state index contributed by atoms with van der Waals surface area (Å²) in [5.74, 6) is 0. The van der Waals surface area contributed by atoms with E-state index < -0.39 is 0 Å². The molecule has 1 aliphatic carbocycles. The average molecular weight is 214 g/mol. The van der Waals surface area contributed by atoms with Gasteiger partial charge in [-0.25, -0.2) is 0 Å². The van der Waals surface area contributed by atoms with Crippen molar-refractivity contribution >= 4 is 0 Å². The van der Waals surface area contributed by atoms with Gasteiger partial charge in [0.1, 0.15) is 0 Å². The molecule has 0 saturated heterocycles. The summed E-state index contributed by atoms with van der Waals surface area (Å²) in [6.45, 7) is 6.36. The smallest absolute Gasteiger partial charge is 0.0604 e. The highest BCUT2D eigenvalue weighted by Crippen LogP contribution is 2.23. The molecule has 1 rings (SSSR count). The number of ether oxygens (including phenoxy) is 1. The highest BCUT2D eigenvalue weighted by atomic mass is 16.5. The third-order valence-electron chi connectivity index (χ3n) is 3.03. The van der Waals surface area contributed by atoms with Gasteiger partial charge in [0.15, 0.2) is 0 Å². The molecule has 0 bridgehead atoms. The van der Waals surface area contributed by atoms with Gasteiger partial charge in [0, 0.05) is 18.7 Å². The number of rotatable bonds is 7. The molecule has 1 unspecified atom stereocenters. The van der Waals surface area contributed by atoms with Gasteiger partial charge in [0.05, 0.1) is 6.10 Å². The topological polar surface area (TPSA) is 24.5 Å². The largest absolute Gasteiger partial charge is 0.378 e. The molecule has 1 saturated carbocycles. The Bertz CT molecular complexity index is 167. The molecule has 0 aromatic carbocycles. The first kappa shape index (κ1) is 12.9. The maximum Gasteiger partial charge on any atom is 0.0604 e. The zero-order valence-corrected chi connectivity index (χ0v) is 10.6. The molecule has 0 spiro atoms. The summed E-state index contributed by atoms with van der Waals surface area (Å²) in [5.41, 5.74) is 0. The lowest BCUT2D eigenvalue weighted by atomic mass is 9.88. The Labute approximate surface area is 94.2 Å². The van der Waals surface area contributed by atoms with Crippen molar-refractivity contribution in [2.75, 3.05) is 27.2 Å². The third kappa shape index (κ3) is 4.96. The van der Waals surface area contributed by atoms with Crippen molar-refractivity contribution in [2.45, 2.75) is 51.3 Å². The van der Waals surface area contributed by atoms with Gasteiger partial charge >= 0.3 is 0 Å². The van der Waals surface area contributed by atoms with Crippen LogP contribution in [0, 0.1) is 0 Å². The maximum absolute atomic E-state index is 5.54. The van der Waals surface area contributed by atoms with Crippen LogP contribution in [0.15, 0.2) is 0 Å². The van der Waals surface area contributed by atoms with E-state index >= 15 is 0 Å². The summed E-state index contributed by atoms with van der Waals surface area (Å²) >= 11 is 0. The first-order chi connectivity index (χ1) is 7.11. The third-order valence-corrected chi connectivity index (χ3v) is 3.03. The van der Waals surface area contributed by atoms with Crippen LogP contribution in [0.1, 0.15) is 33.1 Å². The van der Waals surface area contributed by atoms with Crippen molar-refractivity contribution in [2.24, 2.45) is 0 Å². The molecule has 1 N–H and O–H groups in total. The molecule has 90 valence electrons. The summed E-state index contributed by atoms with van der Waals surface area (Å²) < 4.78 is 5.54. The molecule has 0 radical (unpaired) electrons. The monoisotopic (exact) mass is 214 g/mol. The van der Waals surface area contributed by atoms with Gasteiger partial charge in [-0.15, -0.1) is 0 Å². The lowest BCUT2D eigenvalue weighted by Gasteiger charge is -2.37. The van der Waals surface area contributed by atoms with E-state index in [9.17, 15) is 0 Å². The predicted molar refractivity (Wildman–Crippen MR) is 64.2 cm³/mol. The van der Waals surface area contributed by atoms with E-state index in [0.29, 0.717) is 18.2 Å². The Morgan fingerprint density at radius 1 is 1.40 bits per heavy atom. The van der Waals surface area contributed by atoms with Crippen LogP contribution in [0.25, 0.3) is 0 Å². The van der Waals surface area contributed by atoms with Gasteiger partial charge in [-0.05, 0) is 53.8 Å². The fraction of sp³-hybridized carbons (Fsp3) is 1.00. The Hall–Kier alpha value is -0.120. The highest BCUT2D eigenvalue weighted by Gasteiger charge is 2.29. The van der Waals surface area contributed by atoms with Crippen LogP contribution >= 0.6 is 0 Å². The second-order valence-electron chi connectivity index (χ2n) is 4.91. The minimum absolute atomic E-state index is 0.522. The number of nitrogens with one attached hydrogen (secondary N) is 1. The number of nitrogens with zero attached hydrogens (tertiary/aromatic N) is 1. The molecular formula is C12H26N2O. The van der Waals surface area contributed by atoms with E-state index in [-0.39, 0.29) is 0 Å². The van der Waals surface area contributed by atoms with Gasteiger partial charge in [0.25, 0.3) is 0 Å². The molecule has 0 amide bonds. The van der Waals surface area contributed by atoms with Gasteiger partial charge in [-0.1, -0.05) is 0 Å². The van der Waals surface area contributed by atoms with Crippen LogP contribution in [0.2, 0.25) is 0 Å². The Kier molecular flexibility index (Phi) is 5.58. The summed E-state index contributed by atoms with van der Waals surface area (Å²) in [5, 5.41) is 3.65. The van der Waals surface area contributed by atoms with Crippen LogP contribution in [0.5, 0.6) is 0 Å². The normalized spacial score (nSPS) is 27.8. The Morgan fingerprint density at radius 2 is 2.07 bits per heavy atom. The van der Waals surface area contributed by atoms with Gasteiger partial charge in [-0.3, -0.25) is 0 Å². The first-order valence-corrected chi connectivity index (χ1v) is 6.14. The fourth-order valence-corrected chi connectivity index (χ4v) is 2.01. The minimum Gasteiger partial charge on any atom is -0.378 e. The summed E-state index contributed by atoms with van der Waals surface area (Å²) in [7, 11) is 4.25. The second-order valence-corrected chi connectivity index (χ2v) is 4.91. The van der Waals surface area contributed by atoms with Crippen molar-refractivity contribution in [1.29, 1.82) is 0 Å². The Balaban J connectivity index is 2.00. The quantitative estimate of drug-likeness (QED) is 0.695. The van der Waals surface area contributed by atoms with Crippen LogP contribution < -0.4 is 5.32 Å². The van der Waals surface area contributed by atoms with Crippen molar-refractivity contribution in [3.8, 4) is 0 Å². The van der Waals surface area contributed by atoms with Crippen LogP contribution in [0.4, 0.5) is 0 Å². The molecule has 0 aromatic heterocycles. The zero-order chi connectivity index (χ0) is 11.3. The van der Waals surface area contributed by atoms with Crippen molar-refractivity contribution in [3.05, 3.63) is 0 Å². The molecular weight excluding hydrogens is 188 g/mol. The number of hydrogen-bond acceptors (Lipinski definition) is 3. The molecule has 0 aromatic rings. The molecule has 0 heterocycles. The number of hydrogen-bond donors (Lipinski definition) is 1. The lowest BCUT2D eigenvalue weighted by Crippen LogP contribution is -2.49. The SMILES string of the molecule is CCOC1CC(NC(C)CCN(C)C)C1. The predicted octanol–water partition coefficient (Wildman–Crippen LogP) is 1.48. The van der Waals surface area contributed by atoms with Gasteiger partial charge in [-0.2, -0.15) is 0 Å². The van der Waals surface area contributed by atoms with E-state index in [0.717, 1.165) is 13.2 Å². The van der Waals surface area contributed by atoms with E-state index in [4.69, 9.17) is 4.74 Å². The minimum atomic E-state index is 0.522. The second kappa shape index (κ2) is 6.46. The molecule has 0 aliphatic heterocycles. The Morgan fingerprint density at radius 3 is 2.60 bits per heavy atom. The van der Waals surface area contributed by atoms with Crippen molar-refractivity contribution in [3.63, 3.8) is 0 Å². The standard InChI is InChI=1S/C12H26N2O/c1-5-15-12-8-11(9-12)13-10(2)6-7-14(3)4/h10-13H,5-9H2,1-4H3. The van der Waals surface area contributed by atoms with E-state index in [1.165, 1.54) is 19.3 Å². The molecule has 1 atom stereocenters. The first-order valence-electron chi connectivity index (χ1n) is 6.14. The fourth-order valence-electron chi connectivity index (χ4n) is 2.01. The van der Waals surface area contributed by atoms with Crippen LogP contribution in [-0.2, 0) is 4.74 Å². The molecule has 15 heavy (non-hydrogen) atoms. The summed E-state index contributed by atoms with van der Waals surface area (Å²) in [6, 6.07) is 1.32. The summed E-state index contributed by atoms with van der Waals surface area (Å²) in [4.78, 5) is 2.24. The maximum atomic E-state index is 5.54. The molecule has 1 aliphatic rings. The van der Waals surface area contributed by atoms with Gasteiger partial charge < -0.3 is 15.0 Å². The zero-order valence-electron chi connectivity index (χ0n) is 10.6. The molecule has 3 heteroatoms. The van der Waals surface area contributed by atoms with E-state index in [2.05, 4.69) is 38.2 Å².